The van der Waals surface area contributed by atoms with Gasteiger partial charge >= 0.3 is 0 Å². The van der Waals surface area contributed by atoms with Crippen molar-refractivity contribution >= 4 is 0 Å². The van der Waals surface area contributed by atoms with Crippen LogP contribution in [0.4, 0.5) is 0 Å². The van der Waals surface area contributed by atoms with E-state index < -0.39 is 0 Å². The van der Waals surface area contributed by atoms with E-state index in [-0.39, 0.29) is 0 Å². The Bertz CT molecular complexity index is 350. The number of hydrogen-bond donors (Lipinski definition) is 1. The summed E-state index contributed by atoms with van der Waals surface area (Å²) in [6.45, 7) is 1.50. The summed E-state index contributed by atoms with van der Waals surface area (Å²) in [4.78, 5) is 0. The van der Waals surface area contributed by atoms with Crippen LogP contribution in [0.2, 0.25) is 0 Å². The largest absolute Gasteiger partial charge is 0.497 e. The third-order valence-corrected chi connectivity index (χ3v) is 2.72. The van der Waals surface area contributed by atoms with Crippen molar-refractivity contribution in [2.24, 2.45) is 5.73 Å². The quantitative estimate of drug-likeness (QED) is 0.814. The zero-order chi connectivity index (χ0) is 10.7. The zero-order valence-electron chi connectivity index (χ0n) is 9.08. The number of aryl methyl sites for hydroxylation is 1. The molecule has 0 saturated carbocycles. The van der Waals surface area contributed by atoms with E-state index in [1.54, 1.807) is 7.11 Å². The molecule has 3 nitrogen and oxygen atoms in total. The smallest absolute Gasteiger partial charge is 0.126 e. The minimum absolute atomic E-state index is 0.714. The van der Waals surface area contributed by atoms with Crippen LogP contribution in [0.15, 0.2) is 12.1 Å². The zero-order valence-corrected chi connectivity index (χ0v) is 9.08. The molecular formula is C12H17NO2. The Morgan fingerprint density at radius 3 is 3.07 bits per heavy atom. The number of benzene rings is 1. The maximum absolute atomic E-state index is 5.63. The van der Waals surface area contributed by atoms with Crippen LogP contribution in [-0.4, -0.2) is 20.3 Å². The molecule has 15 heavy (non-hydrogen) atoms. The molecule has 0 spiro atoms. The molecule has 1 aliphatic heterocycles. The van der Waals surface area contributed by atoms with E-state index in [1.807, 2.05) is 0 Å². The predicted molar refractivity (Wildman–Crippen MR) is 59.6 cm³/mol. The Morgan fingerprint density at radius 2 is 2.33 bits per heavy atom. The van der Waals surface area contributed by atoms with Crippen molar-refractivity contribution < 1.29 is 9.47 Å². The number of hydrogen-bond acceptors (Lipinski definition) is 3. The van der Waals surface area contributed by atoms with Gasteiger partial charge in [0.05, 0.1) is 13.7 Å². The normalized spacial score (nSPS) is 13.5. The molecule has 1 aliphatic rings. The average Bonchev–Trinajstić information content (AvgIpc) is 2.73. The highest BCUT2D eigenvalue weighted by atomic mass is 16.5. The Kier molecular flexibility index (Phi) is 3.11. The topological polar surface area (TPSA) is 44.5 Å². The van der Waals surface area contributed by atoms with Crippen molar-refractivity contribution in [3.8, 4) is 11.5 Å². The highest BCUT2D eigenvalue weighted by Crippen LogP contribution is 2.34. The van der Waals surface area contributed by atoms with Crippen molar-refractivity contribution in [3.05, 3.63) is 23.3 Å². The monoisotopic (exact) mass is 207 g/mol. The molecule has 0 aromatic heterocycles. The number of fused-ring (bicyclic) bond motifs is 1. The van der Waals surface area contributed by atoms with Crippen LogP contribution < -0.4 is 15.2 Å². The van der Waals surface area contributed by atoms with E-state index in [4.69, 9.17) is 15.2 Å². The highest BCUT2D eigenvalue weighted by molar-refractivity contribution is 5.49. The summed E-state index contributed by atoms with van der Waals surface area (Å²) in [6, 6.07) is 4.12. The molecule has 1 heterocycles. The van der Waals surface area contributed by atoms with Gasteiger partial charge in [0.25, 0.3) is 0 Å². The van der Waals surface area contributed by atoms with Crippen molar-refractivity contribution in [3.63, 3.8) is 0 Å². The van der Waals surface area contributed by atoms with Gasteiger partial charge in [0, 0.05) is 12.0 Å². The molecule has 0 fully saturated rings. The van der Waals surface area contributed by atoms with Crippen LogP contribution >= 0.6 is 0 Å². The van der Waals surface area contributed by atoms with E-state index in [1.165, 1.54) is 11.1 Å². The fourth-order valence-corrected chi connectivity index (χ4v) is 1.95. The Hall–Kier alpha value is -1.22. The summed E-state index contributed by atoms with van der Waals surface area (Å²) in [6.07, 6.45) is 2.95. The summed E-state index contributed by atoms with van der Waals surface area (Å²) in [5, 5.41) is 0. The predicted octanol–water partition coefficient (Wildman–Crippen LogP) is 1.52. The van der Waals surface area contributed by atoms with Crippen molar-refractivity contribution in [1.82, 2.24) is 0 Å². The van der Waals surface area contributed by atoms with Gasteiger partial charge in [-0.2, -0.15) is 0 Å². The van der Waals surface area contributed by atoms with Crippen molar-refractivity contribution in [1.29, 1.82) is 0 Å². The molecule has 0 saturated heterocycles. The SMILES string of the molecule is COc1cc(CCCN)c2c(c1)CCO2. The molecular weight excluding hydrogens is 190 g/mol. The van der Waals surface area contributed by atoms with Gasteiger partial charge in [0.15, 0.2) is 0 Å². The number of nitrogens with two attached hydrogens (primary N) is 1. The van der Waals surface area contributed by atoms with Crippen molar-refractivity contribution in [2.75, 3.05) is 20.3 Å². The number of ether oxygens (including phenoxy) is 2. The Balaban J connectivity index is 2.30. The first-order chi connectivity index (χ1) is 7.35. The Labute approximate surface area is 90.2 Å². The van der Waals surface area contributed by atoms with E-state index >= 15 is 0 Å². The minimum atomic E-state index is 0.714. The molecule has 0 radical (unpaired) electrons. The maximum atomic E-state index is 5.63. The van der Waals surface area contributed by atoms with Gasteiger partial charge in [-0.3, -0.25) is 0 Å². The summed E-state index contributed by atoms with van der Waals surface area (Å²) in [7, 11) is 1.70. The van der Waals surface area contributed by atoms with E-state index in [2.05, 4.69) is 12.1 Å². The summed E-state index contributed by atoms with van der Waals surface area (Å²) in [5.41, 5.74) is 8.01. The lowest BCUT2D eigenvalue weighted by Crippen LogP contribution is -2.01. The van der Waals surface area contributed by atoms with Crippen LogP contribution in [0, 0.1) is 0 Å². The molecule has 1 aromatic carbocycles. The molecule has 2 N–H and O–H groups in total. The lowest BCUT2D eigenvalue weighted by Gasteiger charge is -2.10. The fourth-order valence-electron chi connectivity index (χ4n) is 1.95. The summed E-state index contributed by atoms with van der Waals surface area (Å²) < 4.78 is 10.9. The van der Waals surface area contributed by atoms with Crippen LogP contribution in [-0.2, 0) is 12.8 Å². The molecule has 0 bridgehead atoms. The maximum Gasteiger partial charge on any atom is 0.126 e. The molecule has 0 atom stereocenters. The lowest BCUT2D eigenvalue weighted by molar-refractivity contribution is 0.352. The highest BCUT2D eigenvalue weighted by Gasteiger charge is 2.17. The molecule has 3 heteroatoms. The van der Waals surface area contributed by atoms with Crippen molar-refractivity contribution in [2.45, 2.75) is 19.3 Å². The first kappa shape index (κ1) is 10.3. The molecule has 0 amide bonds. The lowest BCUT2D eigenvalue weighted by atomic mass is 10.0. The second-order valence-corrected chi connectivity index (χ2v) is 3.77. The molecule has 1 aromatic rings. The second kappa shape index (κ2) is 4.53. The third kappa shape index (κ3) is 2.07. The summed E-state index contributed by atoms with van der Waals surface area (Å²) >= 11 is 0. The Morgan fingerprint density at radius 1 is 1.47 bits per heavy atom. The van der Waals surface area contributed by atoms with Gasteiger partial charge in [-0.05, 0) is 37.1 Å². The van der Waals surface area contributed by atoms with Gasteiger partial charge in [0.1, 0.15) is 11.5 Å². The third-order valence-electron chi connectivity index (χ3n) is 2.72. The van der Waals surface area contributed by atoms with E-state index in [0.29, 0.717) is 6.54 Å². The van der Waals surface area contributed by atoms with Gasteiger partial charge in [-0.15, -0.1) is 0 Å². The first-order valence-corrected chi connectivity index (χ1v) is 5.38. The van der Waals surface area contributed by atoms with Gasteiger partial charge in [-0.1, -0.05) is 0 Å². The molecule has 0 unspecified atom stereocenters. The van der Waals surface area contributed by atoms with E-state index in [0.717, 1.165) is 37.4 Å². The minimum Gasteiger partial charge on any atom is -0.497 e. The van der Waals surface area contributed by atoms with Gasteiger partial charge in [0.2, 0.25) is 0 Å². The average molecular weight is 207 g/mol. The van der Waals surface area contributed by atoms with Gasteiger partial charge in [-0.25, -0.2) is 0 Å². The van der Waals surface area contributed by atoms with Crippen LogP contribution in [0.25, 0.3) is 0 Å². The standard InChI is InChI=1S/C12H17NO2/c1-14-11-7-9(3-2-5-13)12-10(8-11)4-6-15-12/h7-8H,2-6,13H2,1H3. The second-order valence-electron chi connectivity index (χ2n) is 3.77. The molecule has 2 rings (SSSR count). The number of rotatable bonds is 4. The van der Waals surface area contributed by atoms with E-state index in [9.17, 15) is 0 Å². The van der Waals surface area contributed by atoms with Gasteiger partial charge < -0.3 is 15.2 Å². The van der Waals surface area contributed by atoms with Crippen LogP contribution in [0.5, 0.6) is 11.5 Å². The fraction of sp³-hybridized carbons (Fsp3) is 0.500. The molecule has 0 aliphatic carbocycles. The number of methoxy groups -OCH3 is 1. The molecule has 82 valence electrons. The summed E-state index contributed by atoms with van der Waals surface area (Å²) in [5.74, 6) is 1.98. The van der Waals surface area contributed by atoms with Crippen LogP contribution in [0.3, 0.4) is 0 Å². The van der Waals surface area contributed by atoms with Crippen LogP contribution in [0.1, 0.15) is 17.5 Å². The first-order valence-electron chi connectivity index (χ1n) is 5.38.